The van der Waals surface area contributed by atoms with Gasteiger partial charge in [-0.2, -0.15) is 47.9 Å². The van der Waals surface area contributed by atoms with E-state index in [0.717, 1.165) is 51.9 Å². The largest absolute Gasteiger partial charge is 0.534 e. The highest BCUT2D eigenvalue weighted by molar-refractivity contribution is 7.88. The fourth-order valence-electron chi connectivity index (χ4n) is 6.05. The van der Waals surface area contributed by atoms with Gasteiger partial charge in [-0.25, -0.2) is 13.6 Å². The van der Waals surface area contributed by atoms with Crippen LogP contribution in [0.1, 0.15) is 49.3 Å². The lowest BCUT2D eigenvalue weighted by Crippen LogP contribution is -2.28. The van der Waals surface area contributed by atoms with Crippen LogP contribution in [0.4, 0.5) is 48.3 Å². The number of ether oxygens (including phenoxy) is 1. The number of hydrogen-bond donors (Lipinski definition) is 0. The van der Waals surface area contributed by atoms with Gasteiger partial charge in [-0.05, 0) is 82.9 Å². The Morgan fingerprint density at radius 2 is 1.13 bits per heavy atom. The van der Waals surface area contributed by atoms with E-state index < -0.39 is 62.5 Å². The third kappa shape index (κ3) is 10.5. The molecule has 0 aliphatic heterocycles. The highest BCUT2D eigenvalue weighted by Gasteiger charge is 2.49. The number of halogens is 11. The first-order valence-electron chi connectivity index (χ1n) is 17.6. The smallest absolute Gasteiger partial charge is 0.462 e. The van der Waals surface area contributed by atoms with Crippen LogP contribution in [0.3, 0.4) is 0 Å². The molecule has 2 aromatic heterocycles. The molecule has 0 aliphatic rings. The first-order valence-corrected chi connectivity index (χ1v) is 20.6. The lowest BCUT2D eigenvalue weighted by molar-refractivity contribution is -0.138. The van der Waals surface area contributed by atoms with Gasteiger partial charge in [0.15, 0.2) is 11.6 Å². The first-order chi connectivity index (χ1) is 28.5. The number of benzene rings is 5. The van der Waals surface area contributed by atoms with Crippen LogP contribution in [0.25, 0.3) is 31.3 Å². The average molecular weight is 917 g/mol. The molecule has 7 rings (SSSR count). The molecular formula is C42H27F11O5S3. The maximum Gasteiger partial charge on any atom is 0.534 e. The van der Waals surface area contributed by atoms with E-state index in [2.05, 4.69) is 4.18 Å². The Morgan fingerprint density at radius 1 is 0.623 bits per heavy atom. The topological polar surface area (TPSA) is 69.7 Å². The number of esters is 1. The summed E-state index contributed by atoms with van der Waals surface area (Å²) in [6.07, 6.45) is -8.69. The van der Waals surface area contributed by atoms with Crippen LogP contribution in [0.2, 0.25) is 0 Å². The molecule has 0 amide bonds. The van der Waals surface area contributed by atoms with Crippen molar-refractivity contribution in [2.45, 2.75) is 37.6 Å². The number of carbonyl (C=O) groups is 1. The molecule has 0 radical (unpaired) electrons. The summed E-state index contributed by atoms with van der Waals surface area (Å²) in [5.41, 5.74) is -5.32. The van der Waals surface area contributed by atoms with Crippen LogP contribution < -0.4 is 4.18 Å². The normalized spacial score (nSPS) is 12.3. The standard InChI is InChI=1S/C25H18F4O2S.C17H9F7O3S2/c1-2-31-24(30)18-7-4-6-16(13-18)22-21(26)10-9-17-14-20(32-23(17)22)12-15-5-3-8-19(11-15)25(27,28)29;18-13-5-4-10-8-12(7-9-2-1-3-11(6-9)16(19,20)21)28-15(10)14(13)27-29(25,26)17(22,23)24/h3-11,13-14H,2,12H2,1H3;1-6,8H,7H2. The van der Waals surface area contributed by atoms with Crippen molar-refractivity contribution >= 4 is 58.9 Å². The Labute approximate surface area is 347 Å². The van der Waals surface area contributed by atoms with Crippen LogP contribution in [-0.2, 0) is 40.0 Å². The van der Waals surface area contributed by atoms with Crippen molar-refractivity contribution in [3.05, 3.63) is 158 Å². The Balaban J connectivity index is 0.000000205. The molecule has 0 saturated carbocycles. The van der Waals surface area contributed by atoms with Crippen molar-refractivity contribution in [3.8, 4) is 16.9 Å². The second kappa shape index (κ2) is 17.4. The van der Waals surface area contributed by atoms with Crippen molar-refractivity contribution < 1.29 is 70.4 Å². The summed E-state index contributed by atoms with van der Waals surface area (Å²) in [5.74, 6) is -3.36. The van der Waals surface area contributed by atoms with E-state index in [9.17, 15) is 61.5 Å². The second-order valence-electron chi connectivity index (χ2n) is 13.1. The maximum atomic E-state index is 14.9. The van der Waals surface area contributed by atoms with E-state index in [1.807, 2.05) is 6.07 Å². The minimum atomic E-state index is -6.09. The number of alkyl halides is 9. The summed E-state index contributed by atoms with van der Waals surface area (Å²) in [5, 5.41) is 0.973. The SMILES string of the molecule is CCOC(=O)c1cccc(-c2c(F)ccc3cc(Cc4cccc(C(F)(F)F)c4)sc23)c1.O=S(=O)(Oc1c(F)ccc2cc(Cc3cccc(C(F)(F)F)c3)sc12)C(F)(F)F. The molecule has 0 aliphatic carbocycles. The fraction of sp³-hybridized carbons (Fsp3) is 0.167. The molecule has 0 atom stereocenters. The Hall–Kier alpha value is -5.53. The number of thiophene rings is 2. The molecular weight excluding hydrogens is 890 g/mol. The quantitative estimate of drug-likeness (QED) is 0.0624. The van der Waals surface area contributed by atoms with Gasteiger partial charge in [0.1, 0.15) is 5.82 Å². The highest BCUT2D eigenvalue weighted by atomic mass is 32.2. The summed E-state index contributed by atoms with van der Waals surface area (Å²) < 4.78 is 176. The van der Waals surface area contributed by atoms with Gasteiger partial charge in [0.25, 0.3) is 0 Å². The molecule has 0 N–H and O–H groups in total. The molecule has 0 bridgehead atoms. The lowest BCUT2D eigenvalue weighted by Gasteiger charge is -2.10. The van der Waals surface area contributed by atoms with E-state index in [1.165, 1.54) is 47.7 Å². The summed E-state index contributed by atoms with van der Waals surface area (Å²) in [4.78, 5) is 13.3. The van der Waals surface area contributed by atoms with Gasteiger partial charge in [-0.3, -0.25) is 0 Å². The van der Waals surface area contributed by atoms with Crippen molar-refractivity contribution in [1.29, 1.82) is 0 Å². The molecule has 61 heavy (non-hydrogen) atoms. The number of carbonyl (C=O) groups excluding carboxylic acids is 1. The molecule has 0 saturated heterocycles. The molecule has 0 spiro atoms. The molecule has 5 aromatic carbocycles. The van der Waals surface area contributed by atoms with Gasteiger partial charge in [0.05, 0.1) is 28.0 Å². The number of rotatable bonds is 9. The highest BCUT2D eigenvalue weighted by Crippen LogP contribution is 2.41. The van der Waals surface area contributed by atoms with Crippen LogP contribution in [0.15, 0.2) is 109 Å². The van der Waals surface area contributed by atoms with Gasteiger partial charge < -0.3 is 8.92 Å². The molecule has 0 fully saturated rings. The predicted octanol–water partition coefficient (Wildman–Crippen LogP) is 13.4. The molecule has 7 aromatic rings. The van der Waals surface area contributed by atoms with Gasteiger partial charge in [-0.15, -0.1) is 22.7 Å². The third-order valence-corrected chi connectivity index (χ3v) is 12.0. The molecule has 5 nitrogen and oxygen atoms in total. The van der Waals surface area contributed by atoms with Crippen LogP contribution in [0.5, 0.6) is 5.75 Å². The van der Waals surface area contributed by atoms with Gasteiger partial charge >= 0.3 is 33.9 Å². The van der Waals surface area contributed by atoms with Gasteiger partial charge in [0.2, 0.25) is 0 Å². The van der Waals surface area contributed by atoms with E-state index in [-0.39, 0.29) is 28.7 Å². The Bertz CT molecular complexity index is 2840. The van der Waals surface area contributed by atoms with Crippen molar-refractivity contribution in [1.82, 2.24) is 0 Å². The van der Waals surface area contributed by atoms with E-state index in [1.54, 1.807) is 43.3 Å². The van der Waals surface area contributed by atoms with Crippen LogP contribution >= 0.6 is 22.7 Å². The Kier molecular flexibility index (Phi) is 12.9. The monoisotopic (exact) mass is 916 g/mol. The predicted molar refractivity (Wildman–Crippen MR) is 209 cm³/mol. The zero-order chi connectivity index (χ0) is 44.5. The summed E-state index contributed by atoms with van der Waals surface area (Å²) >= 11 is 2.05. The van der Waals surface area contributed by atoms with E-state index in [0.29, 0.717) is 38.3 Å². The Morgan fingerprint density at radius 3 is 1.66 bits per heavy atom. The minimum absolute atomic E-state index is 0.0314. The van der Waals surface area contributed by atoms with Crippen molar-refractivity contribution in [3.63, 3.8) is 0 Å². The van der Waals surface area contributed by atoms with Gasteiger partial charge in [-0.1, -0.05) is 60.7 Å². The number of fused-ring (bicyclic) bond motifs is 2. The lowest BCUT2D eigenvalue weighted by atomic mass is 10.0. The molecule has 2 heterocycles. The second-order valence-corrected chi connectivity index (χ2v) is 16.9. The third-order valence-electron chi connectivity index (χ3n) is 8.74. The van der Waals surface area contributed by atoms with E-state index in [4.69, 9.17) is 4.74 Å². The van der Waals surface area contributed by atoms with Crippen LogP contribution in [-0.4, -0.2) is 26.5 Å². The zero-order valence-corrected chi connectivity index (χ0v) is 33.4. The number of hydrogen-bond acceptors (Lipinski definition) is 7. The summed E-state index contributed by atoms with van der Waals surface area (Å²) in [6, 6.07) is 24.4. The van der Waals surface area contributed by atoms with E-state index >= 15 is 0 Å². The van der Waals surface area contributed by atoms with Crippen molar-refractivity contribution in [2.75, 3.05) is 6.61 Å². The molecule has 320 valence electrons. The fourth-order valence-corrected chi connectivity index (χ4v) is 8.99. The summed E-state index contributed by atoms with van der Waals surface area (Å²) in [6.45, 7) is 1.94. The summed E-state index contributed by atoms with van der Waals surface area (Å²) in [7, 11) is -6.09. The average Bonchev–Trinajstić information content (AvgIpc) is 3.79. The van der Waals surface area contributed by atoms with Gasteiger partial charge in [0, 0.05) is 32.9 Å². The van der Waals surface area contributed by atoms with Crippen molar-refractivity contribution in [2.24, 2.45) is 0 Å². The first kappa shape index (κ1) is 45.0. The molecule has 0 unspecified atom stereocenters. The minimum Gasteiger partial charge on any atom is -0.462 e. The maximum absolute atomic E-state index is 14.9. The zero-order valence-electron chi connectivity index (χ0n) is 30.9. The molecule has 19 heteroatoms. The van der Waals surface area contributed by atoms with Crippen LogP contribution in [0, 0.1) is 11.6 Å².